The van der Waals surface area contributed by atoms with Gasteiger partial charge in [0.1, 0.15) is 11.6 Å². The van der Waals surface area contributed by atoms with Gasteiger partial charge in [-0.15, -0.1) is 0 Å². The number of amidine groups is 1. The van der Waals surface area contributed by atoms with Gasteiger partial charge in [0.2, 0.25) is 5.91 Å². The van der Waals surface area contributed by atoms with E-state index in [9.17, 15) is 13.6 Å². The summed E-state index contributed by atoms with van der Waals surface area (Å²) in [5.41, 5.74) is 4.92. The molecule has 0 saturated carbocycles. The van der Waals surface area contributed by atoms with E-state index in [2.05, 4.69) is 6.08 Å². The first kappa shape index (κ1) is 18.3. The second-order valence-electron chi connectivity index (χ2n) is 7.35. The van der Waals surface area contributed by atoms with E-state index < -0.39 is 0 Å². The topological polar surface area (TPSA) is 32.7 Å². The number of hydrogen-bond acceptors (Lipinski definition) is 3. The summed E-state index contributed by atoms with van der Waals surface area (Å²) in [5, 5.41) is 0.704. The van der Waals surface area contributed by atoms with Crippen molar-refractivity contribution >= 4 is 28.9 Å². The summed E-state index contributed by atoms with van der Waals surface area (Å²) in [5.74, 6) is -0.158. The van der Waals surface area contributed by atoms with E-state index in [0.717, 1.165) is 47.2 Å². The number of aliphatic imine (C=N–C) groups is 1. The Bertz CT molecular complexity index is 1070. The van der Waals surface area contributed by atoms with Gasteiger partial charge >= 0.3 is 0 Å². The number of allylic oxidation sites excluding steroid dienone is 1. The Labute approximate surface area is 171 Å². The molecule has 1 fully saturated rings. The molecule has 2 aliphatic heterocycles. The van der Waals surface area contributed by atoms with E-state index in [1.807, 2.05) is 0 Å². The van der Waals surface area contributed by atoms with Gasteiger partial charge in [0.15, 0.2) is 5.17 Å². The van der Waals surface area contributed by atoms with Crippen molar-refractivity contribution in [1.82, 2.24) is 4.90 Å². The summed E-state index contributed by atoms with van der Waals surface area (Å²) >= 11 is 1.44. The lowest BCUT2D eigenvalue weighted by atomic mass is 9.83. The molecule has 0 bridgehead atoms. The van der Waals surface area contributed by atoms with Crippen LogP contribution in [0.2, 0.25) is 0 Å². The van der Waals surface area contributed by atoms with Crippen LogP contribution >= 0.6 is 11.8 Å². The van der Waals surface area contributed by atoms with E-state index in [-0.39, 0.29) is 23.6 Å². The van der Waals surface area contributed by atoms with Crippen molar-refractivity contribution in [1.29, 1.82) is 0 Å². The Morgan fingerprint density at radius 1 is 1.00 bits per heavy atom. The number of benzene rings is 2. The van der Waals surface area contributed by atoms with Crippen LogP contribution in [0, 0.1) is 11.6 Å². The number of hydrogen-bond donors (Lipinski definition) is 0. The van der Waals surface area contributed by atoms with Crippen molar-refractivity contribution in [3.63, 3.8) is 0 Å². The Morgan fingerprint density at radius 2 is 1.69 bits per heavy atom. The first-order chi connectivity index (χ1) is 14.1. The average Bonchev–Trinajstić information content (AvgIpc) is 3.10. The maximum Gasteiger partial charge on any atom is 0.239 e. The number of carbonyl (C=O) groups excluding carboxylic acids is 1. The molecule has 1 amide bonds. The highest BCUT2D eigenvalue weighted by molar-refractivity contribution is 8.15. The molecule has 2 aromatic carbocycles. The molecule has 2 heterocycles. The molecule has 0 spiro atoms. The molecule has 29 heavy (non-hydrogen) atoms. The second kappa shape index (κ2) is 7.26. The van der Waals surface area contributed by atoms with Gasteiger partial charge in [-0.25, -0.2) is 13.8 Å². The average molecular weight is 408 g/mol. The highest BCUT2D eigenvalue weighted by Crippen LogP contribution is 2.47. The fraction of sp³-hybridized carbons (Fsp3) is 0.217. The van der Waals surface area contributed by atoms with Crippen molar-refractivity contribution in [2.45, 2.75) is 25.3 Å². The molecule has 0 N–H and O–H groups in total. The van der Waals surface area contributed by atoms with Gasteiger partial charge < -0.3 is 0 Å². The number of fused-ring (bicyclic) bond motifs is 1. The zero-order chi connectivity index (χ0) is 20.0. The number of rotatable bonds is 2. The fourth-order valence-corrected chi connectivity index (χ4v) is 5.08. The van der Waals surface area contributed by atoms with E-state index >= 15 is 0 Å². The smallest absolute Gasteiger partial charge is 0.239 e. The molecule has 6 heteroatoms. The van der Waals surface area contributed by atoms with Crippen molar-refractivity contribution in [3.8, 4) is 0 Å². The second-order valence-corrected chi connectivity index (χ2v) is 8.29. The van der Waals surface area contributed by atoms with E-state index in [1.165, 1.54) is 36.0 Å². The number of halogens is 2. The SMILES string of the molecule is O=C1CSC2=NC3=C(CCCC3=Cc3ccc(F)cc3)C(c3ccc(F)cc3)N12. The predicted octanol–water partition coefficient (Wildman–Crippen LogP) is 5.47. The molecule has 3 nitrogen and oxygen atoms in total. The van der Waals surface area contributed by atoms with Crippen molar-refractivity contribution in [2.24, 2.45) is 4.99 Å². The molecular weight excluding hydrogens is 390 g/mol. The number of carbonyl (C=O) groups is 1. The molecule has 1 saturated heterocycles. The molecule has 0 aromatic heterocycles. The third-order valence-electron chi connectivity index (χ3n) is 5.49. The highest BCUT2D eigenvalue weighted by atomic mass is 32.2. The summed E-state index contributed by atoms with van der Waals surface area (Å²) in [4.78, 5) is 19.2. The van der Waals surface area contributed by atoms with Crippen LogP contribution in [0.1, 0.15) is 36.4 Å². The van der Waals surface area contributed by atoms with Crippen molar-refractivity contribution in [2.75, 3.05) is 5.75 Å². The summed E-state index contributed by atoms with van der Waals surface area (Å²) in [6.45, 7) is 0. The van der Waals surface area contributed by atoms with Crippen LogP contribution in [0.3, 0.4) is 0 Å². The first-order valence-electron chi connectivity index (χ1n) is 9.59. The largest absolute Gasteiger partial charge is 0.279 e. The van der Waals surface area contributed by atoms with Gasteiger partial charge in [0, 0.05) is 0 Å². The number of nitrogens with zero attached hydrogens (tertiary/aromatic N) is 2. The molecular formula is C23H18F2N2OS. The molecule has 0 radical (unpaired) electrons. The third kappa shape index (κ3) is 3.31. The zero-order valence-electron chi connectivity index (χ0n) is 15.6. The maximum atomic E-state index is 13.5. The molecule has 1 atom stereocenters. The maximum absolute atomic E-state index is 13.5. The van der Waals surface area contributed by atoms with Crippen LogP contribution < -0.4 is 0 Å². The normalized spacial score (nSPS) is 22.6. The van der Waals surface area contributed by atoms with Crippen LogP contribution in [0.25, 0.3) is 6.08 Å². The summed E-state index contributed by atoms with van der Waals surface area (Å²) in [6, 6.07) is 12.5. The van der Waals surface area contributed by atoms with Crippen LogP contribution in [0.4, 0.5) is 8.78 Å². The van der Waals surface area contributed by atoms with Crippen LogP contribution in [-0.4, -0.2) is 21.7 Å². The first-order valence-corrected chi connectivity index (χ1v) is 10.6. The predicted molar refractivity (Wildman–Crippen MR) is 111 cm³/mol. The van der Waals surface area contributed by atoms with Crippen molar-refractivity contribution < 1.29 is 13.6 Å². The van der Waals surface area contributed by atoms with Crippen molar-refractivity contribution in [3.05, 3.63) is 88.1 Å². The summed E-state index contributed by atoms with van der Waals surface area (Å²) in [7, 11) is 0. The fourth-order valence-electron chi connectivity index (χ4n) is 4.18. The highest BCUT2D eigenvalue weighted by Gasteiger charge is 2.42. The van der Waals surface area contributed by atoms with Crippen LogP contribution in [0.15, 0.2) is 70.4 Å². The Morgan fingerprint density at radius 3 is 2.41 bits per heavy atom. The Hall–Kier alpha value is -2.73. The van der Waals surface area contributed by atoms with Gasteiger partial charge in [0.25, 0.3) is 0 Å². The lowest BCUT2D eigenvalue weighted by molar-refractivity contribution is -0.125. The molecule has 5 rings (SSSR count). The van der Waals surface area contributed by atoms with E-state index in [4.69, 9.17) is 4.99 Å². The Balaban J connectivity index is 1.64. The number of amides is 1. The lowest BCUT2D eigenvalue weighted by Crippen LogP contribution is -2.38. The minimum Gasteiger partial charge on any atom is -0.279 e. The molecule has 146 valence electrons. The van der Waals surface area contributed by atoms with Gasteiger partial charge in [-0.05, 0) is 71.9 Å². The van der Waals surface area contributed by atoms with E-state index in [0.29, 0.717) is 10.9 Å². The van der Waals surface area contributed by atoms with Crippen LogP contribution in [0.5, 0.6) is 0 Å². The van der Waals surface area contributed by atoms with Gasteiger partial charge in [-0.2, -0.15) is 0 Å². The Kier molecular flexibility index (Phi) is 4.59. The van der Waals surface area contributed by atoms with E-state index in [1.54, 1.807) is 29.2 Å². The summed E-state index contributed by atoms with van der Waals surface area (Å²) < 4.78 is 26.8. The monoisotopic (exact) mass is 408 g/mol. The van der Waals surface area contributed by atoms with Gasteiger partial charge in [-0.3, -0.25) is 9.69 Å². The summed E-state index contributed by atoms with van der Waals surface area (Å²) in [6.07, 6.45) is 4.71. The lowest BCUT2D eigenvalue weighted by Gasteiger charge is -2.37. The standard InChI is InChI=1S/C23H18F2N2OS/c24-17-8-4-14(5-9-17)12-16-2-1-3-19-21(16)26-23-27(20(28)13-29-23)22(19)15-6-10-18(25)11-7-15/h4-12,22H,1-3,13H2. The zero-order valence-corrected chi connectivity index (χ0v) is 16.4. The molecule has 2 aromatic rings. The molecule has 1 unspecified atom stereocenters. The molecule has 1 aliphatic carbocycles. The minimum absolute atomic E-state index is 0.0317. The number of thioether (sulfide) groups is 1. The molecule has 3 aliphatic rings. The quantitative estimate of drug-likeness (QED) is 0.660. The van der Waals surface area contributed by atoms with Crippen LogP contribution in [-0.2, 0) is 4.79 Å². The van der Waals surface area contributed by atoms with Gasteiger partial charge in [0.05, 0.1) is 17.5 Å². The van der Waals surface area contributed by atoms with Gasteiger partial charge in [-0.1, -0.05) is 36.0 Å². The third-order valence-corrected chi connectivity index (χ3v) is 6.43. The minimum atomic E-state index is -0.296.